The number of hydrogen-bond donors (Lipinski definition) is 0. The Morgan fingerprint density at radius 1 is 1.21 bits per heavy atom. The van der Waals surface area contributed by atoms with Crippen LogP contribution in [0.15, 0.2) is 24.3 Å². The van der Waals surface area contributed by atoms with Crippen molar-refractivity contribution in [1.82, 2.24) is 4.90 Å². The molecule has 1 saturated heterocycles. The summed E-state index contributed by atoms with van der Waals surface area (Å²) in [5, 5.41) is 0. The molecule has 1 aromatic rings. The van der Waals surface area contributed by atoms with Crippen LogP contribution < -0.4 is 9.47 Å². The Morgan fingerprint density at radius 3 is 2.75 bits per heavy atom. The lowest BCUT2D eigenvalue weighted by atomic mass is 9.98. The maximum Gasteiger partial charge on any atom is 0.310 e. The minimum atomic E-state index is -0.122. The zero-order chi connectivity index (χ0) is 20.4. The van der Waals surface area contributed by atoms with Crippen LogP contribution in [-0.2, 0) is 14.3 Å². The fourth-order valence-electron chi connectivity index (χ4n) is 3.32. The van der Waals surface area contributed by atoms with Crippen LogP contribution >= 0.6 is 0 Å². The van der Waals surface area contributed by atoms with E-state index in [4.69, 9.17) is 14.2 Å². The molecule has 1 fully saturated rings. The highest BCUT2D eigenvalue weighted by Gasteiger charge is 2.26. The molecule has 0 spiro atoms. The molecule has 154 valence electrons. The summed E-state index contributed by atoms with van der Waals surface area (Å²) in [6.07, 6.45) is 5.65. The molecule has 1 aromatic carbocycles. The van der Waals surface area contributed by atoms with Crippen LogP contribution in [0.1, 0.15) is 38.7 Å². The molecule has 0 N–H and O–H groups in total. The Bertz CT molecular complexity index is 686. The SMILES string of the molecule is CCOC(=O)C1CCCN(CCC(=O)C=Cc2ccc(OC)c(OCC)c2)C1. The Labute approximate surface area is 167 Å². The molecule has 0 radical (unpaired) electrons. The average molecular weight is 389 g/mol. The van der Waals surface area contributed by atoms with E-state index >= 15 is 0 Å². The molecule has 1 aliphatic rings. The van der Waals surface area contributed by atoms with Crippen LogP contribution in [0.5, 0.6) is 11.5 Å². The molecule has 0 bridgehead atoms. The molecule has 0 aliphatic carbocycles. The van der Waals surface area contributed by atoms with E-state index < -0.39 is 0 Å². The number of carbonyl (C=O) groups excluding carboxylic acids is 2. The van der Waals surface area contributed by atoms with Crippen molar-refractivity contribution in [2.45, 2.75) is 33.1 Å². The molecule has 2 rings (SSSR count). The zero-order valence-corrected chi connectivity index (χ0v) is 17.1. The first-order valence-corrected chi connectivity index (χ1v) is 9.98. The van der Waals surface area contributed by atoms with Crippen LogP contribution in [0.3, 0.4) is 0 Å². The van der Waals surface area contributed by atoms with Crippen molar-refractivity contribution in [3.63, 3.8) is 0 Å². The lowest BCUT2D eigenvalue weighted by molar-refractivity contribution is -0.149. The third-order valence-corrected chi connectivity index (χ3v) is 4.75. The van der Waals surface area contributed by atoms with E-state index in [2.05, 4.69) is 4.90 Å². The molecule has 1 unspecified atom stereocenters. The third-order valence-electron chi connectivity index (χ3n) is 4.75. The summed E-state index contributed by atoms with van der Waals surface area (Å²) in [6.45, 7) is 6.95. The van der Waals surface area contributed by atoms with Gasteiger partial charge in [0.15, 0.2) is 17.3 Å². The van der Waals surface area contributed by atoms with E-state index in [1.165, 1.54) is 0 Å². The molecule has 1 aliphatic heterocycles. The number of ether oxygens (including phenoxy) is 3. The first-order valence-electron chi connectivity index (χ1n) is 9.98. The van der Waals surface area contributed by atoms with E-state index in [0.29, 0.717) is 44.2 Å². The van der Waals surface area contributed by atoms with Gasteiger partial charge < -0.3 is 19.1 Å². The number of esters is 1. The number of hydrogen-bond acceptors (Lipinski definition) is 6. The van der Waals surface area contributed by atoms with Gasteiger partial charge in [-0.05, 0) is 57.0 Å². The number of nitrogens with zero attached hydrogens (tertiary/aromatic N) is 1. The zero-order valence-electron chi connectivity index (χ0n) is 17.1. The summed E-state index contributed by atoms with van der Waals surface area (Å²) in [7, 11) is 1.60. The minimum absolute atomic E-state index is 0.0621. The second-order valence-electron chi connectivity index (χ2n) is 6.78. The van der Waals surface area contributed by atoms with Gasteiger partial charge in [-0.3, -0.25) is 9.59 Å². The van der Waals surface area contributed by atoms with E-state index in [1.807, 2.05) is 32.0 Å². The molecule has 0 amide bonds. The molecule has 6 nitrogen and oxygen atoms in total. The van der Waals surface area contributed by atoms with Crippen molar-refractivity contribution in [2.75, 3.05) is 40.0 Å². The maximum absolute atomic E-state index is 12.2. The Balaban J connectivity index is 1.85. The van der Waals surface area contributed by atoms with Crippen molar-refractivity contribution in [2.24, 2.45) is 5.92 Å². The fourth-order valence-corrected chi connectivity index (χ4v) is 3.32. The maximum atomic E-state index is 12.2. The smallest absolute Gasteiger partial charge is 0.310 e. The molecule has 0 saturated carbocycles. The number of rotatable bonds is 10. The van der Waals surface area contributed by atoms with Gasteiger partial charge in [-0.1, -0.05) is 12.1 Å². The van der Waals surface area contributed by atoms with Gasteiger partial charge in [0.1, 0.15) is 0 Å². The number of piperidine rings is 1. The number of benzene rings is 1. The Kier molecular flexibility index (Phi) is 9.01. The summed E-state index contributed by atoms with van der Waals surface area (Å²) < 4.78 is 16.0. The highest BCUT2D eigenvalue weighted by molar-refractivity contribution is 5.93. The topological polar surface area (TPSA) is 65.1 Å². The second-order valence-corrected chi connectivity index (χ2v) is 6.78. The predicted octanol–water partition coefficient (Wildman–Crippen LogP) is 3.34. The van der Waals surface area contributed by atoms with Crippen LogP contribution in [-0.4, -0.2) is 56.6 Å². The highest BCUT2D eigenvalue weighted by Crippen LogP contribution is 2.28. The van der Waals surface area contributed by atoms with Crippen molar-refractivity contribution >= 4 is 17.8 Å². The molecule has 28 heavy (non-hydrogen) atoms. The van der Waals surface area contributed by atoms with Gasteiger partial charge in [0.2, 0.25) is 0 Å². The van der Waals surface area contributed by atoms with Gasteiger partial charge in [0.05, 0.1) is 26.2 Å². The standard InChI is InChI=1S/C22H31NO5/c1-4-27-21-15-17(9-11-20(21)26-3)8-10-19(24)12-14-23-13-6-7-18(16-23)22(25)28-5-2/h8-11,15,18H,4-7,12-14,16H2,1-3H3. The van der Waals surface area contributed by atoms with Crippen LogP contribution in [0.25, 0.3) is 6.08 Å². The normalized spacial score (nSPS) is 17.5. The fraction of sp³-hybridized carbons (Fsp3) is 0.545. The summed E-state index contributed by atoms with van der Waals surface area (Å²) in [4.78, 5) is 26.3. The number of allylic oxidation sites excluding steroid dienone is 1. The van der Waals surface area contributed by atoms with Crippen molar-refractivity contribution in [1.29, 1.82) is 0 Å². The van der Waals surface area contributed by atoms with Gasteiger partial charge >= 0.3 is 5.97 Å². The monoisotopic (exact) mass is 389 g/mol. The molecule has 1 heterocycles. The van der Waals surface area contributed by atoms with Gasteiger partial charge in [-0.2, -0.15) is 0 Å². The van der Waals surface area contributed by atoms with E-state index in [1.54, 1.807) is 19.3 Å². The van der Waals surface area contributed by atoms with Crippen molar-refractivity contribution < 1.29 is 23.8 Å². The summed E-state index contributed by atoms with van der Waals surface area (Å²) in [6, 6.07) is 5.58. The molecule has 6 heteroatoms. The summed E-state index contributed by atoms with van der Waals surface area (Å²) >= 11 is 0. The van der Waals surface area contributed by atoms with Crippen LogP contribution in [0.2, 0.25) is 0 Å². The lowest BCUT2D eigenvalue weighted by Crippen LogP contribution is -2.40. The average Bonchev–Trinajstić information content (AvgIpc) is 2.71. The van der Waals surface area contributed by atoms with Gasteiger partial charge in [0.25, 0.3) is 0 Å². The summed E-state index contributed by atoms with van der Waals surface area (Å²) in [5.74, 6) is 1.20. The van der Waals surface area contributed by atoms with Gasteiger partial charge in [-0.15, -0.1) is 0 Å². The number of ketones is 1. The van der Waals surface area contributed by atoms with Crippen molar-refractivity contribution in [3.05, 3.63) is 29.8 Å². The van der Waals surface area contributed by atoms with Crippen molar-refractivity contribution in [3.8, 4) is 11.5 Å². The van der Waals surface area contributed by atoms with E-state index in [0.717, 1.165) is 24.9 Å². The molecular weight excluding hydrogens is 358 g/mol. The third kappa shape index (κ3) is 6.68. The van der Waals surface area contributed by atoms with E-state index in [-0.39, 0.29) is 17.7 Å². The quantitative estimate of drug-likeness (QED) is 0.452. The predicted molar refractivity (Wildman–Crippen MR) is 109 cm³/mol. The van der Waals surface area contributed by atoms with Crippen LogP contribution in [0.4, 0.5) is 0 Å². The van der Waals surface area contributed by atoms with Gasteiger partial charge in [0, 0.05) is 19.5 Å². The second kappa shape index (κ2) is 11.5. The summed E-state index contributed by atoms with van der Waals surface area (Å²) in [5.41, 5.74) is 0.887. The number of carbonyl (C=O) groups is 2. The molecule has 1 atom stereocenters. The first kappa shape index (κ1) is 22.0. The Hall–Kier alpha value is -2.34. The Morgan fingerprint density at radius 2 is 2.04 bits per heavy atom. The number of likely N-dealkylation sites (tertiary alicyclic amines) is 1. The largest absolute Gasteiger partial charge is 0.493 e. The molecule has 0 aromatic heterocycles. The van der Waals surface area contributed by atoms with E-state index in [9.17, 15) is 9.59 Å². The highest BCUT2D eigenvalue weighted by atomic mass is 16.5. The number of methoxy groups -OCH3 is 1. The lowest BCUT2D eigenvalue weighted by Gasteiger charge is -2.31. The minimum Gasteiger partial charge on any atom is -0.493 e. The van der Waals surface area contributed by atoms with Crippen LogP contribution in [0, 0.1) is 5.92 Å². The van der Waals surface area contributed by atoms with Gasteiger partial charge in [-0.25, -0.2) is 0 Å². The first-order chi connectivity index (χ1) is 13.6. The molecular formula is C22H31NO5.